The van der Waals surface area contributed by atoms with Crippen LogP contribution in [0.2, 0.25) is 0 Å². The molecule has 1 amide bonds. The topological polar surface area (TPSA) is 87.5 Å². The molecule has 0 aliphatic carbocycles. The minimum Gasteiger partial charge on any atom is -0.466 e. The number of hydrogen-bond acceptors (Lipinski definition) is 6. The second kappa shape index (κ2) is 8.88. The van der Waals surface area contributed by atoms with Gasteiger partial charge in [-0.2, -0.15) is 4.98 Å². The van der Waals surface area contributed by atoms with Crippen LogP contribution in [0.1, 0.15) is 5.56 Å². The van der Waals surface area contributed by atoms with E-state index in [1.54, 1.807) is 22.9 Å². The number of nitrogens with one attached hydrogen (secondary N) is 1. The third-order valence-electron chi connectivity index (χ3n) is 5.01. The van der Waals surface area contributed by atoms with Crippen molar-refractivity contribution >= 4 is 17.7 Å². The number of carbonyl (C=O) groups excluding carboxylic acids is 1. The van der Waals surface area contributed by atoms with Crippen molar-refractivity contribution in [3.05, 3.63) is 84.4 Å². The summed E-state index contributed by atoms with van der Waals surface area (Å²) >= 11 is 0. The van der Waals surface area contributed by atoms with Crippen molar-refractivity contribution in [2.24, 2.45) is 0 Å². The molecule has 0 atom stereocenters. The molecule has 4 aromatic rings. The molecule has 8 nitrogen and oxygen atoms in total. The zero-order valence-electron chi connectivity index (χ0n) is 17.8. The smallest absolute Gasteiger partial charge is 0.336 e. The molecule has 0 bridgehead atoms. The molecule has 5 rings (SSSR count). The fraction of sp³-hybridized carbons (Fsp3) is 0.0800. The van der Waals surface area contributed by atoms with Crippen LogP contribution in [0, 0.1) is 0 Å². The zero-order valence-corrected chi connectivity index (χ0v) is 17.8. The zero-order chi connectivity index (χ0) is 22.6. The molecule has 3 aromatic carbocycles. The lowest BCUT2D eigenvalue weighted by atomic mass is 10.2. The standard InChI is InChI=1S/C25H20N4O4/c1-31-25-27-24(18-8-13-21-22(15-18)33-16-32-21)29(28-25)20-11-9-19(10-12-20)26-23(30)14-7-17-5-3-2-4-6-17/h2-15H,16H2,1H3,(H,26,30)/b14-7+. The van der Waals surface area contributed by atoms with Crippen LogP contribution in [-0.4, -0.2) is 34.6 Å². The Kier molecular flexibility index (Phi) is 5.47. The van der Waals surface area contributed by atoms with Crippen LogP contribution < -0.4 is 19.5 Å². The number of rotatable bonds is 6. The van der Waals surface area contributed by atoms with E-state index in [1.165, 1.54) is 13.2 Å². The Labute approximate surface area is 190 Å². The van der Waals surface area contributed by atoms with Crippen LogP contribution >= 0.6 is 0 Å². The summed E-state index contributed by atoms with van der Waals surface area (Å²) in [4.78, 5) is 16.7. The number of ether oxygens (including phenoxy) is 3. The van der Waals surface area contributed by atoms with Crippen molar-refractivity contribution in [2.75, 3.05) is 19.2 Å². The maximum absolute atomic E-state index is 12.3. The summed E-state index contributed by atoms with van der Waals surface area (Å²) in [6.07, 6.45) is 3.27. The number of methoxy groups -OCH3 is 1. The average Bonchev–Trinajstić information content (AvgIpc) is 3.50. The maximum Gasteiger partial charge on any atom is 0.336 e. The number of fused-ring (bicyclic) bond motifs is 1. The van der Waals surface area contributed by atoms with Gasteiger partial charge in [-0.1, -0.05) is 30.3 Å². The van der Waals surface area contributed by atoms with E-state index in [4.69, 9.17) is 14.2 Å². The molecule has 0 fully saturated rings. The Balaban J connectivity index is 1.36. The lowest BCUT2D eigenvalue weighted by molar-refractivity contribution is -0.111. The molecule has 0 saturated carbocycles. The number of benzene rings is 3. The number of amides is 1. The van der Waals surface area contributed by atoms with Crippen LogP contribution in [-0.2, 0) is 4.79 Å². The van der Waals surface area contributed by atoms with Gasteiger partial charge in [-0.25, -0.2) is 4.68 Å². The van der Waals surface area contributed by atoms with E-state index in [0.29, 0.717) is 23.0 Å². The fourth-order valence-corrected chi connectivity index (χ4v) is 3.39. The maximum atomic E-state index is 12.3. The molecule has 1 aliphatic rings. The normalized spacial score (nSPS) is 12.2. The minimum absolute atomic E-state index is 0.197. The van der Waals surface area contributed by atoms with Gasteiger partial charge in [0.1, 0.15) is 0 Å². The quantitative estimate of drug-likeness (QED) is 0.449. The van der Waals surface area contributed by atoms with Gasteiger partial charge < -0.3 is 19.5 Å². The summed E-state index contributed by atoms with van der Waals surface area (Å²) < 4.78 is 17.8. The van der Waals surface area contributed by atoms with Crippen molar-refractivity contribution < 1.29 is 19.0 Å². The van der Waals surface area contributed by atoms with Crippen LogP contribution in [0.4, 0.5) is 5.69 Å². The monoisotopic (exact) mass is 440 g/mol. The van der Waals surface area contributed by atoms with Gasteiger partial charge in [-0.05, 0) is 54.1 Å². The second-order valence-electron chi connectivity index (χ2n) is 7.18. The van der Waals surface area contributed by atoms with Gasteiger partial charge >= 0.3 is 6.01 Å². The summed E-state index contributed by atoms with van der Waals surface area (Å²) in [5.74, 6) is 1.73. The first-order chi connectivity index (χ1) is 16.2. The Morgan fingerprint density at radius 2 is 1.82 bits per heavy atom. The van der Waals surface area contributed by atoms with E-state index in [1.807, 2.05) is 60.7 Å². The second-order valence-corrected chi connectivity index (χ2v) is 7.18. The van der Waals surface area contributed by atoms with E-state index in [9.17, 15) is 4.79 Å². The lowest BCUT2D eigenvalue weighted by Gasteiger charge is -2.08. The number of carbonyl (C=O) groups is 1. The lowest BCUT2D eigenvalue weighted by Crippen LogP contribution is -2.08. The molecular weight excluding hydrogens is 420 g/mol. The third-order valence-corrected chi connectivity index (χ3v) is 5.01. The molecule has 2 heterocycles. The molecule has 0 unspecified atom stereocenters. The first-order valence-electron chi connectivity index (χ1n) is 10.3. The van der Waals surface area contributed by atoms with Crippen molar-refractivity contribution in [3.8, 4) is 34.6 Å². The number of hydrogen-bond donors (Lipinski definition) is 1. The Bertz CT molecular complexity index is 1310. The number of anilines is 1. The van der Waals surface area contributed by atoms with Crippen molar-refractivity contribution in [1.29, 1.82) is 0 Å². The molecular formula is C25H20N4O4. The molecule has 1 aliphatic heterocycles. The van der Waals surface area contributed by atoms with Crippen LogP contribution in [0.5, 0.6) is 17.5 Å². The summed E-state index contributed by atoms with van der Waals surface area (Å²) in [5.41, 5.74) is 3.19. The molecule has 0 spiro atoms. The molecule has 1 N–H and O–H groups in total. The number of nitrogens with zero attached hydrogens (tertiary/aromatic N) is 3. The highest BCUT2D eigenvalue weighted by atomic mass is 16.7. The molecule has 1 aromatic heterocycles. The van der Waals surface area contributed by atoms with E-state index in [2.05, 4.69) is 15.4 Å². The first-order valence-corrected chi connectivity index (χ1v) is 10.3. The molecule has 164 valence electrons. The summed E-state index contributed by atoms with van der Waals surface area (Å²) in [7, 11) is 1.52. The molecule has 33 heavy (non-hydrogen) atoms. The van der Waals surface area contributed by atoms with E-state index in [-0.39, 0.29) is 18.7 Å². The SMILES string of the molecule is COc1nc(-c2ccc3c(c2)OCO3)n(-c2ccc(NC(=O)/C=C/c3ccccc3)cc2)n1. The Morgan fingerprint density at radius 3 is 2.61 bits per heavy atom. The summed E-state index contributed by atoms with van der Waals surface area (Å²) in [6.45, 7) is 0.197. The van der Waals surface area contributed by atoms with E-state index >= 15 is 0 Å². The van der Waals surface area contributed by atoms with E-state index in [0.717, 1.165) is 16.8 Å². The van der Waals surface area contributed by atoms with Gasteiger partial charge in [0.25, 0.3) is 0 Å². The third kappa shape index (κ3) is 4.40. The van der Waals surface area contributed by atoms with Gasteiger partial charge in [0, 0.05) is 17.3 Å². The van der Waals surface area contributed by atoms with Gasteiger partial charge in [-0.3, -0.25) is 4.79 Å². The van der Waals surface area contributed by atoms with Crippen molar-refractivity contribution in [2.45, 2.75) is 0 Å². The number of aromatic nitrogens is 3. The molecule has 0 radical (unpaired) electrons. The Morgan fingerprint density at radius 1 is 1.03 bits per heavy atom. The van der Waals surface area contributed by atoms with Gasteiger partial charge in [-0.15, -0.1) is 5.10 Å². The van der Waals surface area contributed by atoms with Crippen LogP contribution in [0.25, 0.3) is 23.2 Å². The summed E-state index contributed by atoms with van der Waals surface area (Å²) in [6, 6.07) is 22.8. The fourth-order valence-electron chi connectivity index (χ4n) is 3.39. The predicted octanol–water partition coefficient (Wildman–Crippen LogP) is 4.32. The van der Waals surface area contributed by atoms with Gasteiger partial charge in [0.05, 0.1) is 12.8 Å². The summed E-state index contributed by atoms with van der Waals surface area (Å²) in [5, 5.41) is 7.29. The molecule has 0 saturated heterocycles. The van der Waals surface area contributed by atoms with E-state index < -0.39 is 0 Å². The Hall–Kier alpha value is -4.59. The van der Waals surface area contributed by atoms with Crippen LogP contribution in [0.3, 0.4) is 0 Å². The van der Waals surface area contributed by atoms with Crippen molar-refractivity contribution in [1.82, 2.24) is 14.8 Å². The highest BCUT2D eigenvalue weighted by Gasteiger charge is 2.19. The first kappa shape index (κ1) is 20.3. The van der Waals surface area contributed by atoms with Gasteiger partial charge in [0.2, 0.25) is 12.7 Å². The van der Waals surface area contributed by atoms with Gasteiger partial charge in [0.15, 0.2) is 17.3 Å². The van der Waals surface area contributed by atoms with Crippen LogP contribution in [0.15, 0.2) is 78.9 Å². The largest absolute Gasteiger partial charge is 0.466 e. The minimum atomic E-state index is -0.213. The van der Waals surface area contributed by atoms with Crippen molar-refractivity contribution in [3.63, 3.8) is 0 Å². The molecule has 8 heteroatoms. The highest BCUT2D eigenvalue weighted by Crippen LogP contribution is 2.36. The average molecular weight is 440 g/mol. The predicted molar refractivity (Wildman–Crippen MR) is 124 cm³/mol. The highest BCUT2D eigenvalue weighted by molar-refractivity contribution is 6.01.